The molecule has 84 valence electrons. The van der Waals surface area contributed by atoms with E-state index in [9.17, 15) is 14.9 Å². The standard InChI is InChI=1S/C11H11NO4/c1-7(8(2)11(13)14)9-3-5-10(6-4-9)12(15)16/h3-6H,1-2H3,(H,13,14)/b8-7+. The van der Waals surface area contributed by atoms with Crippen molar-refractivity contribution in [3.63, 3.8) is 0 Å². The molecule has 5 heteroatoms. The molecule has 16 heavy (non-hydrogen) atoms. The minimum absolute atomic E-state index is 0.00970. The minimum Gasteiger partial charge on any atom is -0.478 e. The van der Waals surface area contributed by atoms with Crippen LogP contribution in [-0.4, -0.2) is 16.0 Å². The average molecular weight is 221 g/mol. The van der Waals surface area contributed by atoms with Crippen molar-refractivity contribution in [1.29, 1.82) is 0 Å². The molecule has 0 bridgehead atoms. The van der Waals surface area contributed by atoms with Gasteiger partial charge in [0.05, 0.1) is 4.92 Å². The number of rotatable bonds is 3. The molecule has 0 atom stereocenters. The first-order valence-electron chi connectivity index (χ1n) is 4.59. The number of carboxylic acid groups (broad SMARTS) is 1. The minimum atomic E-state index is -0.990. The summed E-state index contributed by atoms with van der Waals surface area (Å²) in [4.78, 5) is 20.7. The second-order valence-corrected chi connectivity index (χ2v) is 3.36. The highest BCUT2D eigenvalue weighted by atomic mass is 16.6. The fraction of sp³-hybridized carbons (Fsp3) is 0.182. The molecule has 1 N–H and O–H groups in total. The van der Waals surface area contributed by atoms with E-state index in [1.807, 2.05) is 0 Å². The van der Waals surface area contributed by atoms with Crippen molar-refractivity contribution in [3.05, 3.63) is 45.5 Å². The number of carbonyl (C=O) groups is 1. The number of carboxylic acids is 1. The van der Waals surface area contributed by atoms with Crippen LogP contribution in [0.3, 0.4) is 0 Å². The summed E-state index contributed by atoms with van der Waals surface area (Å²) < 4.78 is 0. The Morgan fingerprint density at radius 1 is 1.25 bits per heavy atom. The maximum absolute atomic E-state index is 10.7. The molecule has 0 fully saturated rings. The van der Waals surface area contributed by atoms with Crippen LogP contribution < -0.4 is 0 Å². The largest absolute Gasteiger partial charge is 0.478 e. The number of nitrogens with zero attached hydrogens (tertiary/aromatic N) is 1. The van der Waals surface area contributed by atoms with Crippen molar-refractivity contribution in [2.75, 3.05) is 0 Å². The van der Waals surface area contributed by atoms with E-state index in [0.717, 1.165) is 0 Å². The highest BCUT2D eigenvalue weighted by Crippen LogP contribution is 2.21. The first kappa shape index (κ1) is 11.9. The zero-order chi connectivity index (χ0) is 12.3. The smallest absolute Gasteiger partial charge is 0.331 e. The van der Waals surface area contributed by atoms with Crippen molar-refractivity contribution in [1.82, 2.24) is 0 Å². The fourth-order valence-corrected chi connectivity index (χ4v) is 1.21. The zero-order valence-corrected chi connectivity index (χ0v) is 8.93. The molecule has 0 saturated heterocycles. The Morgan fingerprint density at radius 3 is 2.12 bits per heavy atom. The molecule has 0 aliphatic rings. The van der Waals surface area contributed by atoms with E-state index < -0.39 is 10.9 Å². The molecule has 0 heterocycles. The van der Waals surface area contributed by atoms with Gasteiger partial charge in [-0.05, 0) is 37.1 Å². The molecular formula is C11H11NO4. The SMILES string of the molecule is C/C(C(=O)O)=C(/C)c1ccc([N+](=O)[O-])cc1. The Balaban J connectivity index is 3.12. The van der Waals surface area contributed by atoms with Gasteiger partial charge in [-0.3, -0.25) is 10.1 Å². The topological polar surface area (TPSA) is 80.4 Å². The molecule has 0 unspecified atom stereocenters. The Morgan fingerprint density at radius 2 is 1.75 bits per heavy atom. The monoisotopic (exact) mass is 221 g/mol. The van der Waals surface area contributed by atoms with Crippen molar-refractivity contribution < 1.29 is 14.8 Å². The first-order chi connectivity index (χ1) is 7.43. The van der Waals surface area contributed by atoms with Gasteiger partial charge in [0.1, 0.15) is 0 Å². The summed E-state index contributed by atoms with van der Waals surface area (Å²) in [5, 5.41) is 19.2. The Bertz CT molecular complexity index is 459. The molecule has 1 aromatic rings. The summed E-state index contributed by atoms with van der Waals surface area (Å²) >= 11 is 0. The maximum atomic E-state index is 10.7. The van der Waals surface area contributed by atoms with Crippen molar-refractivity contribution >= 4 is 17.2 Å². The maximum Gasteiger partial charge on any atom is 0.331 e. The molecule has 0 aliphatic carbocycles. The van der Waals surface area contributed by atoms with Crippen molar-refractivity contribution in [2.45, 2.75) is 13.8 Å². The van der Waals surface area contributed by atoms with Gasteiger partial charge in [0, 0.05) is 17.7 Å². The van der Waals surface area contributed by atoms with E-state index >= 15 is 0 Å². The van der Waals surface area contributed by atoms with Gasteiger partial charge < -0.3 is 5.11 Å². The second-order valence-electron chi connectivity index (χ2n) is 3.36. The predicted octanol–water partition coefficient (Wildman–Crippen LogP) is 2.47. The summed E-state index contributed by atoms with van der Waals surface area (Å²) in [5.41, 5.74) is 1.49. The molecule has 0 saturated carbocycles. The second kappa shape index (κ2) is 4.57. The Hall–Kier alpha value is -2.17. The zero-order valence-electron chi connectivity index (χ0n) is 8.93. The number of benzene rings is 1. The summed E-state index contributed by atoms with van der Waals surface area (Å²) in [7, 11) is 0. The lowest BCUT2D eigenvalue weighted by atomic mass is 10.0. The van der Waals surface area contributed by atoms with Gasteiger partial charge >= 0.3 is 5.97 Å². The van der Waals surface area contributed by atoms with Crippen LogP contribution in [0.1, 0.15) is 19.4 Å². The van der Waals surface area contributed by atoms with Gasteiger partial charge in [-0.25, -0.2) is 4.79 Å². The summed E-state index contributed by atoms with van der Waals surface area (Å²) in [6.07, 6.45) is 0. The van der Waals surface area contributed by atoms with Gasteiger partial charge in [-0.15, -0.1) is 0 Å². The molecule has 1 rings (SSSR count). The van der Waals surface area contributed by atoms with E-state index in [1.54, 1.807) is 19.1 Å². The van der Waals surface area contributed by atoms with Gasteiger partial charge in [0.15, 0.2) is 0 Å². The number of nitro groups is 1. The highest BCUT2D eigenvalue weighted by Gasteiger charge is 2.09. The predicted molar refractivity (Wildman–Crippen MR) is 59.0 cm³/mol. The summed E-state index contributed by atoms with van der Waals surface area (Å²) in [6, 6.07) is 5.79. The summed E-state index contributed by atoms with van der Waals surface area (Å²) in [6.45, 7) is 3.17. The molecule has 0 aliphatic heterocycles. The van der Waals surface area contributed by atoms with Crippen LogP contribution in [0.15, 0.2) is 29.8 Å². The van der Waals surface area contributed by atoms with Gasteiger partial charge in [-0.2, -0.15) is 0 Å². The molecule has 0 aromatic heterocycles. The van der Waals surface area contributed by atoms with E-state index in [1.165, 1.54) is 19.1 Å². The number of non-ortho nitro benzene ring substituents is 1. The first-order valence-corrected chi connectivity index (χ1v) is 4.59. The average Bonchev–Trinajstić information content (AvgIpc) is 2.27. The van der Waals surface area contributed by atoms with E-state index in [-0.39, 0.29) is 11.3 Å². The van der Waals surface area contributed by atoms with Crippen LogP contribution in [0.5, 0.6) is 0 Å². The molecule has 0 spiro atoms. The summed E-state index contributed by atoms with van der Waals surface area (Å²) in [5.74, 6) is -0.990. The van der Waals surface area contributed by atoms with E-state index in [2.05, 4.69) is 0 Å². The number of allylic oxidation sites excluding steroid dienone is 1. The number of hydrogen-bond acceptors (Lipinski definition) is 3. The van der Waals surface area contributed by atoms with Gasteiger partial charge in [-0.1, -0.05) is 0 Å². The third-order valence-electron chi connectivity index (χ3n) is 2.39. The highest BCUT2D eigenvalue weighted by molar-refractivity contribution is 5.95. The third-order valence-corrected chi connectivity index (χ3v) is 2.39. The lowest BCUT2D eigenvalue weighted by Crippen LogP contribution is -1.99. The van der Waals surface area contributed by atoms with Crippen molar-refractivity contribution in [2.24, 2.45) is 0 Å². The third kappa shape index (κ3) is 2.44. The number of nitro benzene ring substituents is 1. The normalized spacial score (nSPS) is 11.9. The van der Waals surface area contributed by atoms with Crippen LogP contribution in [0.2, 0.25) is 0 Å². The lowest BCUT2D eigenvalue weighted by Gasteiger charge is -2.03. The van der Waals surface area contributed by atoms with E-state index in [4.69, 9.17) is 5.11 Å². The molecule has 0 amide bonds. The lowest BCUT2D eigenvalue weighted by molar-refractivity contribution is -0.384. The molecule has 5 nitrogen and oxygen atoms in total. The Kier molecular flexibility index (Phi) is 3.40. The van der Waals surface area contributed by atoms with Crippen molar-refractivity contribution in [3.8, 4) is 0 Å². The molecular weight excluding hydrogens is 210 g/mol. The Labute approximate surface area is 92.2 Å². The number of hydrogen-bond donors (Lipinski definition) is 1. The molecule has 1 aromatic carbocycles. The van der Waals surface area contributed by atoms with Crippen LogP contribution in [0, 0.1) is 10.1 Å². The van der Waals surface area contributed by atoms with Gasteiger partial charge in [0.25, 0.3) is 5.69 Å². The van der Waals surface area contributed by atoms with Crippen LogP contribution in [0.4, 0.5) is 5.69 Å². The van der Waals surface area contributed by atoms with Crippen LogP contribution in [-0.2, 0) is 4.79 Å². The number of aliphatic carboxylic acids is 1. The molecule has 0 radical (unpaired) electrons. The quantitative estimate of drug-likeness (QED) is 0.483. The fourth-order valence-electron chi connectivity index (χ4n) is 1.21. The van der Waals surface area contributed by atoms with Gasteiger partial charge in [0.2, 0.25) is 0 Å². The van der Waals surface area contributed by atoms with Crippen LogP contribution in [0.25, 0.3) is 5.57 Å². The van der Waals surface area contributed by atoms with Crippen LogP contribution >= 0.6 is 0 Å². The van der Waals surface area contributed by atoms with E-state index in [0.29, 0.717) is 11.1 Å².